The number of ether oxygens (including phenoxy) is 2. The highest BCUT2D eigenvalue weighted by atomic mass is 79.9. The summed E-state index contributed by atoms with van der Waals surface area (Å²) in [4.78, 5) is 36.2. The van der Waals surface area contributed by atoms with E-state index in [1.165, 1.54) is 30.6 Å². The molecule has 12 heteroatoms. The molecule has 3 unspecified atom stereocenters. The number of hydrogen-bond donors (Lipinski definition) is 2. The number of methoxy groups -OCH3 is 1. The molecule has 1 aromatic carbocycles. The second-order valence-corrected chi connectivity index (χ2v) is 10.7. The number of carbonyl (C=O) groups excluding carboxylic acids is 1. The number of piperidine rings is 1. The van der Waals surface area contributed by atoms with E-state index in [4.69, 9.17) is 14.5 Å². The monoisotopic (exact) mass is 578 g/mol. The minimum Gasteiger partial charge on any atom is -0.481 e. The molecule has 1 aromatic heterocycles. The number of carboxylic acid groups (broad SMARTS) is 1. The number of halogens is 2. The van der Waals surface area contributed by atoms with Crippen LogP contribution in [0, 0.1) is 11.7 Å². The molecular weight excluding hydrogens is 555 g/mol. The first kappa shape index (κ1) is 25.0. The van der Waals surface area contributed by atoms with E-state index in [0.29, 0.717) is 64.7 Å². The van der Waals surface area contributed by atoms with E-state index in [0.717, 1.165) is 0 Å². The number of carboxylic acids is 1. The molecule has 0 aliphatic carbocycles. The SMILES string of the molecule is COC(=O)C1=C(CN2C3COCC2CC(C(=O)O)C3)NC(c2nccs2)=NC1c1ccc(F)cc1Br. The molecule has 3 atom stereocenters. The van der Waals surface area contributed by atoms with Crippen LogP contribution in [0.25, 0.3) is 0 Å². The minimum absolute atomic E-state index is 0.106. The van der Waals surface area contributed by atoms with Crippen LogP contribution in [0.5, 0.6) is 0 Å². The lowest BCUT2D eigenvalue weighted by atomic mass is 9.84. The first-order valence-electron chi connectivity index (χ1n) is 11.4. The maximum absolute atomic E-state index is 13.9. The Balaban J connectivity index is 1.58. The van der Waals surface area contributed by atoms with E-state index in [9.17, 15) is 19.1 Å². The van der Waals surface area contributed by atoms with Crippen molar-refractivity contribution in [2.45, 2.75) is 31.0 Å². The molecule has 3 aliphatic rings. The molecule has 2 N–H and O–H groups in total. The lowest BCUT2D eigenvalue weighted by Gasteiger charge is -2.48. The zero-order chi connectivity index (χ0) is 25.4. The average molecular weight is 579 g/mol. The topological polar surface area (TPSA) is 113 Å². The summed E-state index contributed by atoms with van der Waals surface area (Å²) in [6, 6.07) is 3.28. The van der Waals surface area contributed by atoms with Crippen molar-refractivity contribution in [3.63, 3.8) is 0 Å². The van der Waals surface area contributed by atoms with Gasteiger partial charge in [0.1, 0.15) is 11.9 Å². The van der Waals surface area contributed by atoms with Gasteiger partial charge in [-0.05, 0) is 30.5 Å². The molecule has 2 saturated heterocycles. The molecule has 36 heavy (non-hydrogen) atoms. The van der Waals surface area contributed by atoms with Gasteiger partial charge in [0.2, 0.25) is 0 Å². The second-order valence-electron chi connectivity index (χ2n) is 8.92. The van der Waals surface area contributed by atoms with Crippen LogP contribution in [0.4, 0.5) is 4.39 Å². The number of fused-ring (bicyclic) bond motifs is 2. The lowest BCUT2D eigenvalue weighted by molar-refractivity contribution is -0.150. The summed E-state index contributed by atoms with van der Waals surface area (Å²) >= 11 is 4.83. The minimum atomic E-state index is -0.795. The van der Waals surface area contributed by atoms with Crippen molar-refractivity contribution >= 4 is 45.0 Å². The maximum atomic E-state index is 13.9. The lowest BCUT2D eigenvalue weighted by Crippen LogP contribution is -2.59. The van der Waals surface area contributed by atoms with Crippen molar-refractivity contribution in [2.75, 3.05) is 26.9 Å². The fraction of sp³-hybridized carbons (Fsp3) is 0.417. The van der Waals surface area contributed by atoms with Crippen LogP contribution in [0.15, 0.2) is 50.5 Å². The zero-order valence-corrected chi connectivity index (χ0v) is 21.7. The van der Waals surface area contributed by atoms with Crippen molar-refractivity contribution in [3.8, 4) is 0 Å². The summed E-state index contributed by atoms with van der Waals surface area (Å²) in [7, 11) is 1.31. The van der Waals surface area contributed by atoms with Gasteiger partial charge in [-0.15, -0.1) is 11.3 Å². The molecule has 0 spiro atoms. The summed E-state index contributed by atoms with van der Waals surface area (Å²) in [5.41, 5.74) is 1.51. The van der Waals surface area contributed by atoms with E-state index in [2.05, 4.69) is 31.1 Å². The third-order valence-electron chi connectivity index (χ3n) is 6.78. The highest BCUT2D eigenvalue weighted by Gasteiger charge is 2.43. The third-order valence-corrected chi connectivity index (χ3v) is 8.25. The summed E-state index contributed by atoms with van der Waals surface area (Å²) in [5.74, 6) is -1.69. The second kappa shape index (κ2) is 10.4. The van der Waals surface area contributed by atoms with Gasteiger partial charge in [0, 0.05) is 40.4 Å². The van der Waals surface area contributed by atoms with Crippen LogP contribution in [0.1, 0.15) is 29.5 Å². The number of aliphatic imine (C=N–C) groups is 1. The van der Waals surface area contributed by atoms with Crippen molar-refractivity contribution in [1.82, 2.24) is 15.2 Å². The van der Waals surface area contributed by atoms with E-state index in [-0.39, 0.29) is 12.1 Å². The third kappa shape index (κ3) is 4.82. The Kier molecular flexibility index (Phi) is 7.20. The first-order chi connectivity index (χ1) is 17.4. The van der Waals surface area contributed by atoms with Gasteiger partial charge < -0.3 is 19.9 Å². The number of rotatable bonds is 6. The van der Waals surface area contributed by atoms with Gasteiger partial charge in [-0.2, -0.15) is 0 Å². The van der Waals surface area contributed by atoms with Crippen molar-refractivity contribution in [3.05, 3.63) is 61.9 Å². The van der Waals surface area contributed by atoms with Crippen LogP contribution in [-0.4, -0.2) is 71.7 Å². The fourth-order valence-electron chi connectivity index (χ4n) is 5.10. The average Bonchev–Trinajstić information content (AvgIpc) is 3.38. The van der Waals surface area contributed by atoms with Crippen LogP contribution in [0.2, 0.25) is 0 Å². The Hall–Kier alpha value is -2.67. The summed E-state index contributed by atoms with van der Waals surface area (Å²) < 4.78 is 25.3. The van der Waals surface area contributed by atoms with E-state index in [1.807, 2.05) is 5.38 Å². The molecule has 9 nitrogen and oxygen atoms in total. The van der Waals surface area contributed by atoms with Crippen molar-refractivity contribution in [1.29, 1.82) is 0 Å². The predicted octanol–water partition coefficient (Wildman–Crippen LogP) is 3.13. The maximum Gasteiger partial charge on any atom is 0.338 e. The summed E-state index contributed by atoms with van der Waals surface area (Å²) in [5, 5.41) is 15.4. The van der Waals surface area contributed by atoms with Crippen LogP contribution >= 0.6 is 27.3 Å². The molecule has 2 fully saturated rings. The summed E-state index contributed by atoms with van der Waals surface area (Å²) in [6.45, 7) is 1.18. The quantitative estimate of drug-likeness (QED) is 0.503. The van der Waals surface area contributed by atoms with Crippen molar-refractivity contribution < 1.29 is 28.6 Å². The van der Waals surface area contributed by atoms with Gasteiger partial charge in [-0.3, -0.25) is 14.7 Å². The summed E-state index contributed by atoms with van der Waals surface area (Å²) in [6.07, 6.45) is 2.60. The number of benzene rings is 1. The molecule has 0 saturated carbocycles. The number of nitrogens with one attached hydrogen (secondary N) is 1. The Bertz CT molecular complexity index is 1220. The van der Waals surface area contributed by atoms with Crippen LogP contribution in [-0.2, 0) is 19.1 Å². The van der Waals surface area contributed by atoms with E-state index < -0.39 is 29.7 Å². The van der Waals surface area contributed by atoms with E-state index in [1.54, 1.807) is 12.3 Å². The number of aromatic nitrogens is 1. The van der Waals surface area contributed by atoms with Gasteiger partial charge >= 0.3 is 11.9 Å². The predicted molar refractivity (Wildman–Crippen MR) is 133 cm³/mol. The van der Waals surface area contributed by atoms with Gasteiger partial charge in [-0.1, -0.05) is 22.0 Å². The fourth-order valence-corrected chi connectivity index (χ4v) is 6.26. The number of thiazole rings is 1. The smallest absolute Gasteiger partial charge is 0.338 e. The van der Waals surface area contributed by atoms with Gasteiger partial charge in [0.25, 0.3) is 0 Å². The molecule has 2 aromatic rings. The Morgan fingerprint density at radius 1 is 1.33 bits per heavy atom. The number of aliphatic carboxylic acids is 1. The van der Waals surface area contributed by atoms with Gasteiger partial charge in [0.05, 0.1) is 31.8 Å². The Morgan fingerprint density at radius 2 is 2.08 bits per heavy atom. The van der Waals surface area contributed by atoms with Gasteiger partial charge in [0.15, 0.2) is 10.8 Å². The standard InChI is InChI=1S/C24H24BrFN4O5S/c1-34-24(33)19-18(9-30-14-6-12(23(31)32)7-15(30)11-35-10-14)28-21(22-27-4-5-36-22)29-20(19)16-3-2-13(26)8-17(16)25/h2-5,8,12,14-15,20H,6-7,9-11H2,1H3,(H,28,29)(H,31,32). The van der Waals surface area contributed by atoms with Crippen LogP contribution in [0.3, 0.4) is 0 Å². The molecule has 190 valence electrons. The van der Waals surface area contributed by atoms with Crippen molar-refractivity contribution in [2.24, 2.45) is 10.9 Å². The molecule has 5 rings (SSSR count). The van der Waals surface area contributed by atoms with E-state index >= 15 is 0 Å². The first-order valence-corrected chi connectivity index (χ1v) is 13.1. The number of morpholine rings is 1. The highest BCUT2D eigenvalue weighted by Crippen LogP contribution is 2.38. The van der Waals surface area contributed by atoms with Gasteiger partial charge in [-0.25, -0.2) is 14.2 Å². The molecule has 0 radical (unpaired) electrons. The molecule has 0 amide bonds. The highest BCUT2D eigenvalue weighted by molar-refractivity contribution is 9.10. The largest absolute Gasteiger partial charge is 0.481 e. The number of nitrogens with zero attached hydrogens (tertiary/aromatic N) is 3. The Morgan fingerprint density at radius 3 is 2.69 bits per heavy atom. The Labute approximate surface area is 219 Å². The van der Waals surface area contributed by atoms with Crippen LogP contribution < -0.4 is 5.32 Å². The normalized spacial score (nSPS) is 26.2. The number of esters is 1. The molecule has 2 bridgehead atoms. The molecule has 4 heterocycles. The number of carbonyl (C=O) groups is 2. The zero-order valence-electron chi connectivity index (χ0n) is 19.3. The number of amidine groups is 1. The molecule has 3 aliphatic heterocycles. The number of hydrogen-bond acceptors (Lipinski definition) is 9. The molecular formula is C24H24BrFN4O5S.